The molecule has 0 aromatic carbocycles. The molecule has 12 heavy (non-hydrogen) atoms. The van der Waals surface area contributed by atoms with Crippen LogP contribution in [0.25, 0.3) is 0 Å². The quantitative estimate of drug-likeness (QED) is 0.676. The third-order valence-electron chi connectivity index (χ3n) is 2.47. The fraction of sp³-hybridized carbons (Fsp3) is 0.500. The second kappa shape index (κ2) is 3.23. The number of aryl methyl sites for hydroxylation is 1. The fourth-order valence-electron chi connectivity index (χ4n) is 1.66. The van der Waals surface area contributed by atoms with Crippen LogP contribution in [0.1, 0.15) is 23.6 Å². The van der Waals surface area contributed by atoms with Gasteiger partial charge in [-0.1, -0.05) is 6.07 Å². The summed E-state index contributed by atoms with van der Waals surface area (Å²) in [6.45, 7) is 4.29. The molecule has 0 aliphatic carbocycles. The zero-order valence-corrected chi connectivity index (χ0v) is 7.38. The summed E-state index contributed by atoms with van der Waals surface area (Å²) >= 11 is 0. The summed E-state index contributed by atoms with van der Waals surface area (Å²) in [5.74, 6) is 0.693. The van der Waals surface area contributed by atoms with Crippen LogP contribution >= 0.6 is 0 Å². The Morgan fingerprint density at radius 1 is 1.50 bits per heavy atom. The lowest BCUT2D eigenvalue weighted by atomic mass is 10.0. The minimum absolute atomic E-state index is 0.693. The predicted octanol–water partition coefficient (Wildman–Crippen LogP) is 1.47. The Labute approximate surface area is 73.0 Å². The van der Waals surface area contributed by atoms with E-state index >= 15 is 0 Å². The first-order valence-electron chi connectivity index (χ1n) is 4.49. The van der Waals surface area contributed by atoms with Gasteiger partial charge in [0, 0.05) is 18.4 Å². The highest BCUT2D eigenvalue weighted by Gasteiger charge is 2.15. The second-order valence-electron chi connectivity index (χ2n) is 3.42. The molecular weight excluding hydrogens is 148 g/mol. The molecule has 1 aliphatic rings. The summed E-state index contributed by atoms with van der Waals surface area (Å²) in [7, 11) is 0. The van der Waals surface area contributed by atoms with Crippen LogP contribution in [-0.2, 0) is 0 Å². The number of aromatic nitrogens is 1. The van der Waals surface area contributed by atoms with Gasteiger partial charge >= 0.3 is 0 Å². The van der Waals surface area contributed by atoms with Gasteiger partial charge < -0.3 is 5.32 Å². The predicted molar refractivity (Wildman–Crippen MR) is 49.2 cm³/mol. The minimum atomic E-state index is 0.693. The van der Waals surface area contributed by atoms with Crippen LogP contribution in [0.3, 0.4) is 0 Å². The molecule has 1 N–H and O–H groups in total. The summed E-state index contributed by atoms with van der Waals surface area (Å²) in [5.41, 5.74) is 2.48. The number of hydrogen-bond acceptors (Lipinski definition) is 2. The Morgan fingerprint density at radius 2 is 2.42 bits per heavy atom. The van der Waals surface area contributed by atoms with Crippen molar-refractivity contribution in [2.24, 2.45) is 0 Å². The normalized spacial score (nSPS) is 22.9. The van der Waals surface area contributed by atoms with Crippen molar-refractivity contribution in [3.8, 4) is 0 Å². The van der Waals surface area contributed by atoms with Gasteiger partial charge in [-0.2, -0.15) is 0 Å². The first kappa shape index (κ1) is 7.74. The lowest BCUT2D eigenvalue weighted by Gasteiger charge is -2.07. The number of nitrogens with one attached hydrogen (secondary N) is 1. The van der Waals surface area contributed by atoms with Crippen LogP contribution in [0.5, 0.6) is 0 Å². The molecular formula is C10H14N2. The van der Waals surface area contributed by atoms with Crippen molar-refractivity contribution in [2.45, 2.75) is 19.3 Å². The average molecular weight is 162 g/mol. The highest BCUT2D eigenvalue weighted by Crippen LogP contribution is 2.20. The molecule has 1 fully saturated rings. The Morgan fingerprint density at radius 3 is 3.00 bits per heavy atom. The minimum Gasteiger partial charge on any atom is -0.316 e. The molecule has 1 aliphatic heterocycles. The number of hydrogen-bond donors (Lipinski definition) is 1. The van der Waals surface area contributed by atoms with E-state index in [1.54, 1.807) is 0 Å². The Kier molecular flexibility index (Phi) is 2.09. The van der Waals surface area contributed by atoms with Gasteiger partial charge in [0.2, 0.25) is 0 Å². The van der Waals surface area contributed by atoms with Gasteiger partial charge in [-0.15, -0.1) is 0 Å². The molecule has 1 aromatic heterocycles. The monoisotopic (exact) mass is 162 g/mol. The number of pyridine rings is 1. The molecule has 1 atom stereocenters. The maximum atomic E-state index is 4.30. The molecule has 0 bridgehead atoms. The van der Waals surface area contributed by atoms with Crippen molar-refractivity contribution >= 4 is 0 Å². The lowest BCUT2D eigenvalue weighted by molar-refractivity contribution is 0.757. The lowest BCUT2D eigenvalue weighted by Crippen LogP contribution is -2.08. The molecule has 2 nitrogen and oxygen atoms in total. The summed E-state index contributed by atoms with van der Waals surface area (Å²) in [6.07, 6.45) is 3.26. The van der Waals surface area contributed by atoms with Crippen LogP contribution in [0.15, 0.2) is 18.3 Å². The van der Waals surface area contributed by atoms with Gasteiger partial charge in [0.25, 0.3) is 0 Å². The molecule has 0 spiro atoms. The first-order valence-corrected chi connectivity index (χ1v) is 4.49. The van der Waals surface area contributed by atoms with Gasteiger partial charge in [0.1, 0.15) is 0 Å². The largest absolute Gasteiger partial charge is 0.316 e. The van der Waals surface area contributed by atoms with Crippen molar-refractivity contribution in [1.29, 1.82) is 0 Å². The molecule has 0 amide bonds. The first-order chi connectivity index (χ1) is 5.86. The van der Waals surface area contributed by atoms with Crippen molar-refractivity contribution in [2.75, 3.05) is 13.1 Å². The van der Waals surface area contributed by atoms with E-state index in [-0.39, 0.29) is 0 Å². The molecule has 1 unspecified atom stereocenters. The third kappa shape index (κ3) is 1.48. The van der Waals surface area contributed by atoms with Crippen LogP contribution in [0, 0.1) is 6.92 Å². The average Bonchev–Trinajstić information content (AvgIpc) is 2.58. The smallest absolute Gasteiger partial charge is 0.0372 e. The molecule has 0 radical (unpaired) electrons. The Bertz CT molecular complexity index is 247. The maximum absolute atomic E-state index is 4.30. The van der Waals surface area contributed by atoms with Crippen LogP contribution < -0.4 is 5.32 Å². The van der Waals surface area contributed by atoms with E-state index in [0.29, 0.717) is 5.92 Å². The van der Waals surface area contributed by atoms with E-state index in [1.165, 1.54) is 12.0 Å². The van der Waals surface area contributed by atoms with Gasteiger partial charge in [0.05, 0.1) is 0 Å². The van der Waals surface area contributed by atoms with E-state index in [0.717, 1.165) is 18.8 Å². The number of nitrogens with zero attached hydrogens (tertiary/aromatic N) is 1. The highest BCUT2D eigenvalue weighted by atomic mass is 14.9. The van der Waals surface area contributed by atoms with Gasteiger partial charge in [-0.3, -0.25) is 4.98 Å². The van der Waals surface area contributed by atoms with Crippen molar-refractivity contribution in [3.05, 3.63) is 29.6 Å². The van der Waals surface area contributed by atoms with Gasteiger partial charge in [-0.25, -0.2) is 0 Å². The van der Waals surface area contributed by atoms with Crippen molar-refractivity contribution in [3.63, 3.8) is 0 Å². The SMILES string of the molecule is Cc1ccc(C2CCNC2)cn1. The van der Waals surface area contributed by atoms with Crippen molar-refractivity contribution < 1.29 is 0 Å². The second-order valence-corrected chi connectivity index (χ2v) is 3.42. The number of rotatable bonds is 1. The Balaban J connectivity index is 2.17. The zero-order chi connectivity index (χ0) is 8.39. The Hall–Kier alpha value is -0.890. The summed E-state index contributed by atoms with van der Waals surface area (Å²) in [4.78, 5) is 4.30. The van der Waals surface area contributed by atoms with Gasteiger partial charge in [0.15, 0.2) is 0 Å². The maximum Gasteiger partial charge on any atom is 0.0372 e. The highest BCUT2D eigenvalue weighted by molar-refractivity contribution is 5.19. The fourth-order valence-corrected chi connectivity index (χ4v) is 1.66. The summed E-state index contributed by atoms with van der Waals surface area (Å²) in [5, 5.41) is 3.36. The molecule has 1 saturated heterocycles. The van der Waals surface area contributed by atoms with E-state index in [1.807, 2.05) is 13.1 Å². The molecule has 2 rings (SSSR count). The van der Waals surface area contributed by atoms with E-state index in [9.17, 15) is 0 Å². The molecule has 0 saturated carbocycles. The molecule has 2 heterocycles. The van der Waals surface area contributed by atoms with Crippen molar-refractivity contribution in [1.82, 2.24) is 10.3 Å². The summed E-state index contributed by atoms with van der Waals surface area (Å²) < 4.78 is 0. The van der Waals surface area contributed by atoms with E-state index in [2.05, 4.69) is 22.4 Å². The molecule has 1 aromatic rings. The van der Waals surface area contributed by atoms with Crippen LogP contribution in [0.2, 0.25) is 0 Å². The molecule has 2 heteroatoms. The third-order valence-corrected chi connectivity index (χ3v) is 2.47. The van der Waals surface area contributed by atoms with Gasteiger partial charge in [-0.05, 0) is 37.4 Å². The standard InChI is InChI=1S/C10H14N2/c1-8-2-3-9(7-12-8)10-4-5-11-6-10/h2-3,7,10-11H,4-6H2,1H3. The topological polar surface area (TPSA) is 24.9 Å². The molecule has 64 valence electrons. The summed E-state index contributed by atoms with van der Waals surface area (Å²) in [6, 6.07) is 4.29. The van der Waals surface area contributed by atoms with E-state index in [4.69, 9.17) is 0 Å². The van der Waals surface area contributed by atoms with E-state index < -0.39 is 0 Å². The zero-order valence-electron chi connectivity index (χ0n) is 7.38. The van der Waals surface area contributed by atoms with Crippen LogP contribution in [-0.4, -0.2) is 18.1 Å². The van der Waals surface area contributed by atoms with Crippen LogP contribution in [0.4, 0.5) is 0 Å².